The van der Waals surface area contributed by atoms with E-state index in [9.17, 15) is 4.79 Å². The molecule has 0 unspecified atom stereocenters. The van der Waals surface area contributed by atoms with Crippen LogP contribution in [0.15, 0.2) is 0 Å². The van der Waals surface area contributed by atoms with Crippen molar-refractivity contribution in [3.05, 3.63) is 0 Å². The van der Waals surface area contributed by atoms with E-state index < -0.39 is 0 Å². The minimum absolute atomic E-state index is 0.0783. The molecule has 0 spiro atoms. The normalized spacial score (nSPS) is 36.6. The van der Waals surface area contributed by atoms with Crippen LogP contribution < -0.4 is 0 Å². The average molecular weight is 226 g/mol. The fourth-order valence-electron chi connectivity index (χ4n) is 3.60. The summed E-state index contributed by atoms with van der Waals surface area (Å²) < 4.78 is 10.3. The lowest BCUT2D eigenvalue weighted by Gasteiger charge is -2.26. The highest BCUT2D eigenvalue weighted by Gasteiger charge is 2.53. The number of hydrogen-bond donors (Lipinski definition) is 0. The van der Waals surface area contributed by atoms with Crippen LogP contribution in [0.3, 0.4) is 0 Å². The van der Waals surface area contributed by atoms with Crippen molar-refractivity contribution >= 4 is 5.97 Å². The maximum Gasteiger partial charge on any atom is 0.305 e. The summed E-state index contributed by atoms with van der Waals surface area (Å²) in [4.78, 5) is 11.1. The highest BCUT2D eigenvalue weighted by Crippen LogP contribution is 2.60. The van der Waals surface area contributed by atoms with Gasteiger partial charge in [0, 0.05) is 13.5 Å². The molecule has 0 aromatic heterocycles. The summed E-state index contributed by atoms with van der Waals surface area (Å²) in [6.07, 6.45) is 8.88. The molecule has 2 aliphatic carbocycles. The first-order valence-corrected chi connectivity index (χ1v) is 6.26. The van der Waals surface area contributed by atoms with Gasteiger partial charge >= 0.3 is 5.97 Å². The first-order chi connectivity index (χ1) is 7.64. The molecule has 0 saturated heterocycles. The minimum Gasteiger partial charge on any atom is -0.469 e. The zero-order valence-corrected chi connectivity index (χ0v) is 10.4. The molecular weight excluding hydrogens is 204 g/mol. The van der Waals surface area contributed by atoms with E-state index in [4.69, 9.17) is 4.74 Å². The summed E-state index contributed by atoms with van der Waals surface area (Å²) in [6.45, 7) is 0. The molecule has 2 fully saturated rings. The number of carbonyl (C=O) groups is 1. The molecule has 0 radical (unpaired) electrons. The topological polar surface area (TPSA) is 35.5 Å². The Morgan fingerprint density at radius 2 is 1.88 bits per heavy atom. The lowest BCUT2D eigenvalue weighted by Crippen LogP contribution is -2.24. The fraction of sp³-hybridized carbons (Fsp3) is 0.923. The second-order valence-electron chi connectivity index (χ2n) is 5.49. The van der Waals surface area contributed by atoms with Crippen LogP contribution in [0.1, 0.15) is 51.4 Å². The number of esters is 1. The van der Waals surface area contributed by atoms with E-state index in [1.165, 1.54) is 39.2 Å². The van der Waals surface area contributed by atoms with Crippen LogP contribution in [-0.2, 0) is 14.3 Å². The summed E-state index contributed by atoms with van der Waals surface area (Å²) in [5.41, 5.74) is 0.662. The quantitative estimate of drug-likeness (QED) is 0.676. The van der Waals surface area contributed by atoms with Gasteiger partial charge in [-0.25, -0.2) is 0 Å². The van der Waals surface area contributed by atoms with Crippen LogP contribution in [0.5, 0.6) is 0 Å². The molecule has 2 rings (SSSR count). The van der Waals surface area contributed by atoms with E-state index in [2.05, 4.69) is 4.74 Å². The molecule has 2 aliphatic rings. The Labute approximate surface area is 97.5 Å². The number of rotatable bonds is 5. The lowest BCUT2D eigenvalue weighted by molar-refractivity contribution is -0.140. The Balaban J connectivity index is 1.81. The Hall–Kier alpha value is -0.570. The zero-order chi connectivity index (χ0) is 11.6. The molecule has 0 heterocycles. The van der Waals surface area contributed by atoms with E-state index in [-0.39, 0.29) is 11.6 Å². The van der Waals surface area contributed by atoms with Gasteiger partial charge in [0.25, 0.3) is 0 Å². The number of carbonyl (C=O) groups excluding carboxylic acids is 1. The van der Waals surface area contributed by atoms with Gasteiger partial charge in [-0.2, -0.15) is 0 Å². The lowest BCUT2D eigenvalue weighted by atomic mass is 9.80. The summed E-state index contributed by atoms with van der Waals surface area (Å²) in [5.74, 6) is -0.0783. The van der Waals surface area contributed by atoms with Crippen LogP contribution in [0.2, 0.25) is 0 Å². The molecule has 0 aromatic rings. The molecule has 2 bridgehead atoms. The molecule has 0 atom stereocenters. The second kappa shape index (κ2) is 4.36. The highest BCUT2D eigenvalue weighted by atomic mass is 16.5. The maximum absolute atomic E-state index is 11.1. The molecule has 92 valence electrons. The van der Waals surface area contributed by atoms with Crippen LogP contribution in [0, 0.1) is 5.41 Å². The molecule has 0 aromatic carbocycles. The van der Waals surface area contributed by atoms with E-state index >= 15 is 0 Å². The van der Waals surface area contributed by atoms with Crippen LogP contribution >= 0.6 is 0 Å². The van der Waals surface area contributed by atoms with Crippen molar-refractivity contribution in [3.8, 4) is 0 Å². The van der Waals surface area contributed by atoms with Gasteiger partial charge in [-0.05, 0) is 50.4 Å². The largest absolute Gasteiger partial charge is 0.469 e. The van der Waals surface area contributed by atoms with E-state index in [1.54, 1.807) is 0 Å². The maximum atomic E-state index is 11.1. The minimum atomic E-state index is -0.0783. The van der Waals surface area contributed by atoms with E-state index in [0.29, 0.717) is 11.8 Å². The third-order valence-electron chi connectivity index (χ3n) is 4.67. The molecule has 2 saturated carbocycles. The summed E-state index contributed by atoms with van der Waals surface area (Å²) >= 11 is 0. The molecule has 3 nitrogen and oxygen atoms in total. The van der Waals surface area contributed by atoms with Crippen LogP contribution in [-0.4, -0.2) is 25.8 Å². The molecule has 0 amide bonds. The molecular formula is C13H22O3. The number of methoxy groups -OCH3 is 2. The Morgan fingerprint density at radius 3 is 2.38 bits per heavy atom. The van der Waals surface area contributed by atoms with Gasteiger partial charge in [0.05, 0.1) is 12.7 Å². The van der Waals surface area contributed by atoms with Gasteiger partial charge in [0.15, 0.2) is 0 Å². The van der Waals surface area contributed by atoms with E-state index in [1.807, 2.05) is 7.11 Å². The van der Waals surface area contributed by atoms with Crippen LogP contribution in [0.4, 0.5) is 0 Å². The molecule has 3 heteroatoms. The molecule has 0 N–H and O–H groups in total. The van der Waals surface area contributed by atoms with Crippen molar-refractivity contribution in [3.63, 3.8) is 0 Å². The molecule has 16 heavy (non-hydrogen) atoms. The SMILES string of the molecule is COC(=O)CCCC12CCC(OC)(CC1)C2. The second-order valence-corrected chi connectivity index (χ2v) is 5.49. The van der Waals surface area contributed by atoms with Gasteiger partial charge in [0.1, 0.15) is 0 Å². The molecule has 0 aliphatic heterocycles. The monoisotopic (exact) mass is 226 g/mol. The Kier molecular flexibility index (Phi) is 3.24. The average Bonchev–Trinajstić information content (AvgIpc) is 2.85. The van der Waals surface area contributed by atoms with E-state index in [0.717, 1.165) is 12.8 Å². The number of fused-ring (bicyclic) bond motifs is 2. The van der Waals surface area contributed by atoms with Crippen molar-refractivity contribution in [2.45, 2.75) is 57.0 Å². The van der Waals surface area contributed by atoms with Gasteiger partial charge in [-0.1, -0.05) is 0 Å². The zero-order valence-electron chi connectivity index (χ0n) is 10.4. The van der Waals surface area contributed by atoms with Gasteiger partial charge in [-0.15, -0.1) is 0 Å². The van der Waals surface area contributed by atoms with Crippen molar-refractivity contribution in [1.82, 2.24) is 0 Å². The first-order valence-electron chi connectivity index (χ1n) is 6.26. The third-order valence-corrected chi connectivity index (χ3v) is 4.67. The predicted octanol–water partition coefficient (Wildman–Crippen LogP) is 2.68. The van der Waals surface area contributed by atoms with Gasteiger partial charge in [0.2, 0.25) is 0 Å². The number of ether oxygens (including phenoxy) is 2. The predicted molar refractivity (Wildman–Crippen MR) is 61.1 cm³/mol. The summed E-state index contributed by atoms with van der Waals surface area (Å²) in [7, 11) is 3.30. The smallest absolute Gasteiger partial charge is 0.305 e. The Bertz CT molecular complexity index is 264. The Morgan fingerprint density at radius 1 is 1.19 bits per heavy atom. The standard InChI is InChI=1S/C13H22O3/c1-15-11(14)4-3-5-12-6-8-13(10-12,16-2)9-7-12/h3-10H2,1-2H3. The summed E-state index contributed by atoms with van der Waals surface area (Å²) in [5, 5.41) is 0. The fourth-order valence-corrected chi connectivity index (χ4v) is 3.60. The van der Waals surface area contributed by atoms with Crippen molar-refractivity contribution < 1.29 is 14.3 Å². The van der Waals surface area contributed by atoms with Crippen LogP contribution in [0.25, 0.3) is 0 Å². The van der Waals surface area contributed by atoms with Gasteiger partial charge in [-0.3, -0.25) is 4.79 Å². The van der Waals surface area contributed by atoms with Crippen molar-refractivity contribution in [2.24, 2.45) is 5.41 Å². The van der Waals surface area contributed by atoms with Crippen molar-refractivity contribution in [1.29, 1.82) is 0 Å². The van der Waals surface area contributed by atoms with Gasteiger partial charge < -0.3 is 9.47 Å². The highest BCUT2D eigenvalue weighted by molar-refractivity contribution is 5.68. The first kappa shape index (κ1) is 11.9. The summed E-state index contributed by atoms with van der Waals surface area (Å²) in [6, 6.07) is 0. The number of hydrogen-bond acceptors (Lipinski definition) is 3. The third kappa shape index (κ3) is 2.10. The van der Waals surface area contributed by atoms with Crippen molar-refractivity contribution in [2.75, 3.05) is 14.2 Å².